The van der Waals surface area contributed by atoms with Gasteiger partial charge in [0.2, 0.25) is 0 Å². The zero-order valence-electron chi connectivity index (χ0n) is 11.0. The smallest absolute Gasteiger partial charge is 0.183 e. The summed E-state index contributed by atoms with van der Waals surface area (Å²) in [7, 11) is 0. The normalized spacial score (nSPS) is 10.8. The lowest BCUT2D eigenvalue weighted by molar-refractivity contribution is -0.140. The Morgan fingerprint density at radius 3 is 2.06 bits per heavy atom. The molecule has 0 aliphatic carbocycles. The summed E-state index contributed by atoms with van der Waals surface area (Å²) < 4.78 is 11.1. The van der Waals surface area contributed by atoms with E-state index in [1.54, 1.807) is 0 Å². The molecule has 0 aliphatic heterocycles. The molecule has 0 bridgehead atoms. The Morgan fingerprint density at radius 2 is 1.65 bits per heavy atom. The lowest BCUT2D eigenvalue weighted by atomic mass is 10.1. The van der Waals surface area contributed by atoms with Crippen molar-refractivity contribution < 1.29 is 9.47 Å². The molecule has 2 heteroatoms. The Bertz CT molecular complexity index is 334. The molecular formula is C15H22O2. The van der Waals surface area contributed by atoms with Crippen LogP contribution in [0.2, 0.25) is 0 Å². The van der Waals surface area contributed by atoms with Gasteiger partial charge in [0, 0.05) is 18.8 Å². The van der Waals surface area contributed by atoms with Crippen molar-refractivity contribution in [3.63, 3.8) is 0 Å². The van der Waals surface area contributed by atoms with E-state index in [0.717, 1.165) is 12.0 Å². The van der Waals surface area contributed by atoms with E-state index in [0.29, 0.717) is 13.2 Å². The molecule has 0 radical (unpaired) electrons. The van der Waals surface area contributed by atoms with Crippen LogP contribution < -0.4 is 0 Å². The third-order valence-corrected chi connectivity index (χ3v) is 2.39. The third-order valence-electron chi connectivity index (χ3n) is 2.39. The number of ether oxygens (including phenoxy) is 2. The number of rotatable bonds is 7. The largest absolute Gasteiger partial charge is 0.349 e. The highest BCUT2D eigenvalue weighted by Crippen LogP contribution is 2.20. The van der Waals surface area contributed by atoms with Crippen molar-refractivity contribution in [2.24, 2.45) is 0 Å². The Morgan fingerprint density at radius 1 is 1.12 bits per heavy atom. The van der Waals surface area contributed by atoms with Crippen LogP contribution in [0.3, 0.4) is 0 Å². The van der Waals surface area contributed by atoms with Gasteiger partial charge in [0.25, 0.3) is 0 Å². The standard InChI is InChI=1S/C15H22O2/c1-5-16-15(17-6-2)14-9-7-13(8-10-14)11-12(3)4/h7-10,15H,3,5-6,11H2,1-2,4H3. The molecule has 0 atom stereocenters. The van der Waals surface area contributed by atoms with Crippen LogP contribution >= 0.6 is 0 Å². The van der Waals surface area contributed by atoms with Gasteiger partial charge in [0.05, 0.1) is 0 Å². The molecule has 1 rings (SSSR count). The molecule has 1 aromatic carbocycles. The molecule has 0 N–H and O–H groups in total. The lowest BCUT2D eigenvalue weighted by Crippen LogP contribution is -2.08. The minimum absolute atomic E-state index is 0.246. The van der Waals surface area contributed by atoms with Crippen molar-refractivity contribution in [3.05, 3.63) is 47.5 Å². The minimum atomic E-state index is -0.246. The van der Waals surface area contributed by atoms with Crippen LogP contribution in [0, 0.1) is 0 Å². The summed E-state index contributed by atoms with van der Waals surface area (Å²) in [6, 6.07) is 8.34. The molecular weight excluding hydrogens is 212 g/mol. The van der Waals surface area contributed by atoms with Crippen molar-refractivity contribution in [1.82, 2.24) is 0 Å². The number of allylic oxidation sites excluding steroid dienone is 1. The van der Waals surface area contributed by atoms with Crippen molar-refractivity contribution in [1.29, 1.82) is 0 Å². The van der Waals surface area contributed by atoms with Gasteiger partial charge in [0.15, 0.2) is 6.29 Å². The first-order valence-electron chi connectivity index (χ1n) is 6.13. The number of hydrogen-bond acceptors (Lipinski definition) is 2. The van der Waals surface area contributed by atoms with Crippen molar-refractivity contribution >= 4 is 0 Å². The molecule has 0 amide bonds. The predicted octanol–water partition coefficient (Wildman–Crippen LogP) is 3.88. The summed E-state index contributed by atoms with van der Waals surface area (Å²) in [6.07, 6.45) is 0.678. The van der Waals surface area contributed by atoms with E-state index in [1.165, 1.54) is 11.1 Å². The summed E-state index contributed by atoms with van der Waals surface area (Å²) >= 11 is 0. The zero-order valence-corrected chi connectivity index (χ0v) is 11.0. The van der Waals surface area contributed by atoms with E-state index in [9.17, 15) is 0 Å². The summed E-state index contributed by atoms with van der Waals surface area (Å²) in [5, 5.41) is 0. The summed E-state index contributed by atoms with van der Waals surface area (Å²) in [5.41, 5.74) is 3.51. The van der Waals surface area contributed by atoms with E-state index in [4.69, 9.17) is 9.47 Å². The van der Waals surface area contributed by atoms with Crippen LogP contribution in [0.15, 0.2) is 36.4 Å². The van der Waals surface area contributed by atoms with E-state index in [1.807, 2.05) is 20.8 Å². The molecule has 0 heterocycles. The fraction of sp³-hybridized carbons (Fsp3) is 0.467. The van der Waals surface area contributed by atoms with Crippen molar-refractivity contribution in [2.75, 3.05) is 13.2 Å². The number of benzene rings is 1. The van der Waals surface area contributed by atoms with Gasteiger partial charge < -0.3 is 9.47 Å². The van der Waals surface area contributed by atoms with Crippen LogP contribution in [-0.4, -0.2) is 13.2 Å². The first-order valence-corrected chi connectivity index (χ1v) is 6.13. The fourth-order valence-electron chi connectivity index (χ4n) is 1.68. The molecule has 17 heavy (non-hydrogen) atoms. The maximum Gasteiger partial charge on any atom is 0.183 e. The van der Waals surface area contributed by atoms with Gasteiger partial charge in [-0.1, -0.05) is 36.4 Å². The maximum absolute atomic E-state index is 5.55. The molecule has 2 nitrogen and oxygen atoms in total. The van der Waals surface area contributed by atoms with Crippen LogP contribution in [-0.2, 0) is 15.9 Å². The highest BCUT2D eigenvalue weighted by atomic mass is 16.7. The molecule has 0 spiro atoms. The minimum Gasteiger partial charge on any atom is -0.349 e. The molecule has 0 aliphatic rings. The predicted molar refractivity (Wildman–Crippen MR) is 71.0 cm³/mol. The third kappa shape index (κ3) is 4.72. The summed E-state index contributed by atoms with van der Waals surface area (Å²) in [4.78, 5) is 0. The van der Waals surface area contributed by atoms with Gasteiger partial charge in [0.1, 0.15) is 0 Å². The maximum atomic E-state index is 5.55. The van der Waals surface area contributed by atoms with Crippen LogP contribution in [0.4, 0.5) is 0 Å². The average molecular weight is 234 g/mol. The highest BCUT2D eigenvalue weighted by molar-refractivity contribution is 5.26. The second kappa shape index (κ2) is 7.25. The first kappa shape index (κ1) is 13.9. The molecule has 0 aromatic heterocycles. The van der Waals surface area contributed by atoms with Crippen LogP contribution in [0.1, 0.15) is 38.2 Å². The van der Waals surface area contributed by atoms with Gasteiger partial charge in [-0.15, -0.1) is 0 Å². The molecule has 0 unspecified atom stereocenters. The van der Waals surface area contributed by atoms with Gasteiger partial charge in [-0.2, -0.15) is 0 Å². The van der Waals surface area contributed by atoms with Gasteiger partial charge >= 0.3 is 0 Å². The first-order chi connectivity index (χ1) is 8.17. The Kier molecular flexibility index (Phi) is 5.95. The zero-order chi connectivity index (χ0) is 12.7. The summed E-state index contributed by atoms with van der Waals surface area (Å²) in [6.45, 7) is 11.2. The molecule has 0 saturated heterocycles. The average Bonchev–Trinajstić information content (AvgIpc) is 2.29. The van der Waals surface area contributed by atoms with Gasteiger partial charge in [-0.25, -0.2) is 0 Å². The second-order valence-corrected chi connectivity index (χ2v) is 4.12. The monoisotopic (exact) mass is 234 g/mol. The quantitative estimate of drug-likeness (QED) is 0.526. The Labute approximate surface area is 104 Å². The molecule has 1 aromatic rings. The van der Waals surface area contributed by atoms with Crippen LogP contribution in [0.25, 0.3) is 0 Å². The summed E-state index contributed by atoms with van der Waals surface area (Å²) in [5.74, 6) is 0. The fourth-order valence-corrected chi connectivity index (χ4v) is 1.68. The van der Waals surface area contributed by atoms with Gasteiger partial charge in [-0.3, -0.25) is 0 Å². The van der Waals surface area contributed by atoms with Crippen molar-refractivity contribution in [2.45, 2.75) is 33.5 Å². The van der Waals surface area contributed by atoms with Gasteiger partial charge in [-0.05, 0) is 32.8 Å². The van der Waals surface area contributed by atoms with Crippen molar-refractivity contribution in [3.8, 4) is 0 Å². The lowest BCUT2D eigenvalue weighted by Gasteiger charge is -2.17. The van der Waals surface area contributed by atoms with E-state index < -0.39 is 0 Å². The Balaban J connectivity index is 2.72. The second-order valence-electron chi connectivity index (χ2n) is 4.12. The van der Waals surface area contributed by atoms with Crippen LogP contribution in [0.5, 0.6) is 0 Å². The van der Waals surface area contributed by atoms with E-state index >= 15 is 0 Å². The van der Waals surface area contributed by atoms with E-state index in [-0.39, 0.29) is 6.29 Å². The Hall–Kier alpha value is -1.12. The number of hydrogen-bond donors (Lipinski definition) is 0. The highest BCUT2D eigenvalue weighted by Gasteiger charge is 2.10. The molecule has 94 valence electrons. The molecule has 0 fully saturated rings. The SMILES string of the molecule is C=C(C)Cc1ccc(C(OCC)OCC)cc1. The molecule has 0 saturated carbocycles. The topological polar surface area (TPSA) is 18.5 Å². The van der Waals surface area contributed by atoms with E-state index in [2.05, 4.69) is 30.8 Å².